The number of esters is 1. The molecule has 5 heteroatoms. The molecular formula is C14H19NO4. The molecule has 0 aliphatic rings. The summed E-state index contributed by atoms with van der Waals surface area (Å²) in [5, 5.41) is 11.6. The second-order valence-electron chi connectivity index (χ2n) is 4.33. The van der Waals surface area contributed by atoms with Crippen LogP contribution >= 0.6 is 0 Å². The Labute approximate surface area is 112 Å². The lowest BCUT2D eigenvalue weighted by Gasteiger charge is -2.19. The number of aryl methyl sites for hydroxylation is 1. The second-order valence-corrected chi connectivity index (χ2v) is 4.33. The van der Waals surface area contributed by atoms with Gasteiger partial charge in [0.25, 0.3) is 0 Å². The largest absolute Gasteiger partial charge is 0.480 e. The van der Waals surface area contributed by atoms with E-state index in [1.165, 1.54) is 14.0 Å². The van der Waals surface area contributed by atoms with Crippen molar-refractivity contribution in [2.45, 2.75) is 31.8 Å². The van der Waals surface area contributed by atoms with Gasteiger partial charge in [0, 0.05) is 0 Å². The molecule has 0 aliphatic heterocycles. The fourth-order valence-corrected chi connectivity index (χ4v) is 1.74. The lowest BCUT2D eigenvalue weighted by atomic mass is 10.0. The summed E-state index contributed by atoms with van der Waals surface area (Å²) >= 11 is 0. The van der Waals surface area contributed by atoms with E-state index < -0.39 is 24.0 Å². The highest BCUT2D eigenvalue weighted by atomic mass is 16.5. The molecule has 0 bridgehead atoms. The Morgan fingerprint density at radius 3 is 2.47 bits per heavy atom. The van der Waals surface area contributed by atoms with E-state index in [4.69, 9.17) is 5.11 Å². The van der Waals surface area contributed by atoms with Crippen LogP contribution in [-0.4, -0.2) is 36.2 Å². The highest BCUT2D eigenvalue weighted by Crippen LogP contribution is 2.07. The number of nitrogens with one attached hydrogen (secondary N) is 1. The molecule has 1 aromatic carbocycles. The summed E-state index contributed by atoms with van der Waals surface area (Å²) in [5.74, 6) is -1.43. The predicted molar refractivity (Wildman–Crippen MR) is 70.8 cm³/mol. The van der Waals surface area contributed by atoms with Crippen molar-refractivity contribution >= 4 is 11.9 Å². The van der Waals surface area contributed by atoms with Crippen LogP contribution in [0.4, 0.5) is 0 Å². The molecule has 0 saturated heterocycles. The van der Waals surface area contributed by atoms with Gasteiger partial charge in [-0.3, -0.25) is 14.9 Å². The van der Waals surface area contributed by atoms with E-state index in [1.807, 2.05) is 30.3 Å². The van der Waals surface area contributed by atoms with Crippen molar-refractivity contribution < 1.29 is 19.4 Å². The number of benzene rings is 1. The smallest absolute Gasteiger partial charge is 0.322 e. The molecule has 0 aromatic heterocycles. The summed E-state index contributed by atoms with van der Waals surface area (Å²) in [6, 6.07) is 8.30. The van der Waals surface area contributed by atoms with Crippen molar-refractivity contribution in [2.75, 3.05) is 7.11 Å². The Bertz CT molecular complexity index is 419. The van der Waals surface area contributed by atoms with Crippen LogP contribution in [0.5, 0.6) is 0 Å². The van der Waals surface area contributed by atoms with Crippen LogP contribution in [0.3, 0.4) is 0 Å². The first-order valence-corrected chi connectivity index (χ1v) is 6.15. The monoisotopic (exact) mass is 265 g/mol. The van der Waals surface area contributed by atoms with Crippen molar-refractivity contribution in [1.82, 2.24) is 5.32 Å². The molecule has 1 aromatic rings. The van der Waals surface area contributed by atoms with Crippen molar-refractivity contribution in [3.8, 4) is 0 Å². The molecule has 0 spiro atoms. The minimum atomic E-state index is -0.992. The second kappa shape index (κ2) is 7.53. The maximum absolute atomic E-state index is 11.6. The first-order chi connectivity index (χ1) is 9.04. The Kier molecular flexibility index (Phi) is 6.02. The fraction of sp³-hybridized carbons (Fsp3) is 0.429. The van der Waals surface area contributed by atoms with Crippen LogP contribution in [-0.2, 0) is 20.7 Å². The van der Waals surface area contributed by atoms with Crippen LogP contribution in [0.15, 0.2) is 30.3 Å². The van der Waals surface area contributed by atoms with Gasteiger partial charge in [0.1, 0.15) is 12.1 Å². The standard InChI is InChI=1S/C14H19NO4/c1-10(13(16)17)15-12(14(18)19-2)9-8-11-6-4-3-5-7-11/h3-7,10,12,15H,8-9H2,1-2H3,(H,16,17)/t10-,12?/m0/s1. The van der Waals surface area contributed by atoms with Crippen molar-refractivity contribution in [3.63, 3.8) is 0 Å². The van der Waals surface area contributed by atoms with Gasteiger partial charge in [0.05, 0.1) is 7.11 Å². The summed E-state index contributed by atoms with van der Waals surface area (Å²) in [6.07, 6.45) is 1.17. The van der Waals surface area contributed by atoms with Gasteiger partial charge in [-0.25, -0.2) is 0 Å². The fourth-order valence-electron chi connectivity index (χ4n) is 1.74. The zero-order valence-electron chi connectivity index (χ0n) is 11.1. The molecule has 0 saturated carbocycles. The van der Waals surface area contributed by atoms with Gasteiger partial charge in [-0.1, -0.05) is 30.3 Å². The van der Waals surface area contributed by atoms with E-state index in [9.17, 15) is 9.59 Å². The number of methoxy groups -OCH3 is 1. The van der Waals surface area contributed by atoms with E-state index in [0.717, 1.165) is 5.56 Å². The molecule has 0 aliphatic carbocycles. The lowest BCUT2D eigenvalue weighted by Crippen LogP contribution is -2.46. The number of hydrogen-bond donors (Lipinski definition) is 2. The van der Waals surface area contributed by atoms with Crippen LogP contribution in [0.25, 0.3) is 0 Å². The molecule has 2 atom stereocenters. The van der Waals surface area contributed by atoms with E-state index in [1.54, 1.807) is 0 Å². The Morgan fingerprint density at radius 2 is 1.95 bits per heavy atom. The van der Waals surface area contributed by atoms with E-state index in [-0.39, 0.29) is 0 Å². The predicted octanol–water partition coefficient (Wildman–Crippen LogP) is 1.22. The summed E-state index contributed by atoms with van der Waals surface area (Å²) in [6.45, 7) is 1.50. The molecule has 1 rings (SSSR count). The highest BCUT2D eigenvalue weighted by molar-refractivity contribution is 5.78. The van der Waals surface area contributed by atoms with E-state index in [2.05, 4.69) is 10.1 Å². The van der Waals surface area contributed by atoms with Gasteiger partial charge >= 0.3 is 11.9 Å². The minimum Gasteiger partial charge on any atom is -0.480 e. The van der Waals surface area contributed by atoms with Gasteiger partial charge in [-0.05, 0) is 25.3 Å². The molecule has 104 valence electrons. The molecule has 0 fully saturated rings. The number of carboxylic acids is 1. The highest BCUT2D eigenvalue weighted by Gasteiger charge is 2.23. The first kappa shape index (κ1) is 15.2. The summed E-state index contributed by atoms with van der Waals surface area (Å²) < 4.78 is 4.69. The van der Waals surface area contributed by atoms with Crippen molar-refractivity contribution in [3.05, 3.63) is 35.9 Å². The number of carbonyl (C=O) groups is 2. The number of carboxylic acid groups (broad SMARTS) is 1. The number of aliphatic carboxylic acids is 1. The van der Waals surface area contributed by atoms with Crippen LogP contribution in [0.1, 0.15) is 18.9 Å². The van der Waals surface area contributed by atoms with Gasteiger partial charge in [-0.2, -0.15) is 0 Å². The zero-order valence-corrected chi connectivity index (χ0v) is 11.1. The minimum absolute atomic E-state index is 0.441. The molecular weight excluding hydrogens is 246 g/mol. The normalized spacial score (nSPS) is 13.6. The van der Waals surface area contributed by atoms with Crippen LogP contribution in [0, 0.1) is 0 Å². The number of ether oxygens (including phenoxy) is 1. The van der Waals surface area contributed by atoms with Crippen molar-refractivity contribution in [2.24, 2.45) is 0 Å². The maximum Gasteiger partial charge on any atom is 0.322 e. The Balaban J connectivity index is 2.60. The molecule has 0 radical (unpaired) electrons. The van der Waals surface area contributed by atoms with E-state index >= 15 is 0 Å². The number of rotatable bonds is 7. The molecule has 1 unspecified atom stereocenters. The third-order valence-corrected chi connectivity index (χ3v) is 2.87. The zero-order chi connectivity index (χ0) is 14.3. The quantitative estimate of drug-likeness (QED) is 0.725. The number of carbonyl (C=O) groups excluding carboxylic acids is 1. The summed E-state index contributed by atoms with van der Waals surface area (Å²) in [4.78, 5) is 22.4. The lowest BCUT2D eigenvalue weighted by molar-refractivity contribution is -0.144. The van der Waals surface area contributed by atoms with E-state index in [0.29, 0.717) is 12.8 Å². The third kappa shape index (κ3) is 5.09. The first-order valence-electron chi connectivity index (χ1n) is 6.15. The average molecular weight is 265 g/mol. The SMILES string of the molecule is COC(=O)C(CCc1ccccc1)N[C@@H](C)C(=O)O. The molecule has 19 heavy (non-hydrogen) atoms. The third-order valence-electron chi connectivity index (χ3n) is 2.87. The van der Waals surface area contributed by atoms with Crippen LogP contribution in [0.2, 0.25) is 0 Å². The summed E-state index contributed by atoms with van der Waals surface area (Å²) in [5.41, 5.74) is 1.10. The van der Waals surface area contributed by atoms with Crippen molar-refractivity contribution in [1.29, 1.82) is 0 Å². The number of hydrogen-bond acceptors (Lipinski definition) is 4. The van der Waals surface area contributed by atoms with Gasteiger partial charge in [0.2, 0.25) is 0 Å². The Morgan fingerprint density at radius 1 is 1.32 bits per heavy atom. The molecule has 2 N–H and O–H groups in total. The summed E-state index contributed by atoms with van der Waals surface area (Å²) in [7, 11) is 1.30. The van der Waals surface area contributed by atoms with Gasteiger partial charge in [0.15, 0.2) is 0 Å². The Hall–Kier alpha value is -1.88. The van der Waals surface area contributed by atoms with Gasteiger partial charge in [-0.15, -0.1) is 0 Å². The average Bonchev–Trinajstić information content (AvgIpc) is 2.43. The van der Waals surface area contributed by atoms with Crippen LogP contribution < -0.4 is 5.32 Å². The van der Waals surface area contributed by atoms with Gasteiger partial charge < -0.3 is 9.84 Å². The molecule has 0 amide bonds. The topological polar surface area (TPSA) is 75.6 Å². The molecule has 5 nitrogen and oxygen atoms in total. The molecule has 0 heterocycles. The maximum atomic E-state index is 11.6.